The number of ketones is 1. The minimum atomic E-state index is -0.259. The maximum Gasteiger partial charge on any atom is 0.158 e. The van der Waals surface area contributed by atoms with Gasteiger partial charge >= 0.3 is 0 Å². The van der Waals surface area contributed by atoms with E-state index in [-0.39, 0.29) is 42.9 Å². The molecule has 1 radical (unpaired) electrons. The molecule has 1 aliphatic carbocycles. The molecule has 0 fully saturated rings. The summed E-state index contributed by atoms with van der Waals surface area (Å²) in [5.74, 6) is -0.00723. The molecule has 52 heavy (non-hydrogen) atoms. The van der Waals surface area contributed by atoms with Crippen LogP contribution in [0.15, 0.2) is 121 Å². The quantitative estimate of drug-likeness (QED) is 0.0750. The van der Waals surface area contributed by atoms with Gasteiger partial charge in [-0.15, -0.1) is 35.4 Å². The van der Waals surface area contributed by atoms with Gasteiger partial charge in [-0.25, -0.2) is 4.39 Å². The summed E-state index contributed by atoms with van der Waals surface area (Å²) in [6, 6.07) is 34.5. The van der Waals surface area contributed by atoms with Gasteiger partial charge in [0.25, 0.3) is 0 Å². The first kappa shape index (κ1) is 36.7. The zero-order valence-electron chi connectivity index (χ0n) is 29.8. The van der Waals surface area contributed by atoms with Crippen LogP contribution >= 0.6 is 0 Å². The molecule has 0 atom stereocenters. The van der Waals surface area contributed by atoms with Gasteiger partial charge in [0.2, 0.25) is 0 Å². The number of aliphatic hydroxyl groups excluding tert-OH is 1. The monoisotopic (exact) mass is 864 g/mol. The van der Waals surface area contributed by atoms with Crippen molar-refractivity contribution in [2.75, 3.05) is 0 Å². The van der Waals surface area contributed by atoms with Crippen LogP contribution in [-0.4, -0.2) is 20.9 Å². The second-order valence-corrected chi connectivity index (χ2v) is 13.1. The molecule has 5 aromatic carbocycles. The second kappa shape index (κ2) is 15.3. The predicted octanol–water partition coefficient (Wildman–Crippen LogP) is 12.1. The number of fused-ring (bicyclic) bond motifs is 9. The van der Waals surface area contributed by atoms with E-state index < -0.39 is 0 Å². The zero-order valence-corrected chi connectivity index (χ0v) is 32.2. The van der Waals surface area contributed by atoms with Crippen LogP contribution < -0.4 is 0 Å². The van der Waals surface area contributed by atoms with Gasteiger partial charge < -0.3 is 10.1 Å². The molecule has 263 valence electrons. The third kappa shape index (κ3) is 6.25. The van der Waals surface area contributed by atoms with Crippen LogP contribution in [0.1, 0.15) is 64.5 Å². The van der Waals surface area contributed by atoms with Gasteiger partial charge in [0.05, 0.1) is 5.76 Å². The number of nitrogens with zero attached hydrogens (tertiary/aromatic N) is 2. The smallest absolute Gasteiger partial charge is 0.158 e. The number of allylic oxidation sites excluding steroid dienone is 2. The first-order valence-electron chi connectivity index (χ1n) is 17.8. The van der Waals surface area contributed by atoms with Gasteiger partial charge in [0, 0.05) is 68.6 Å². The van der Waals surface area contributed by atoms with Crippen LogP contribution in [0.5, 0.6) is 0 Å². The van der Waals surface area contributed by atoms with Gasteiger partial charge in [-0.2, -0.15) is 0 Å². The van der Waals surface area contributed by atoms with E-state index in [2.05, 4.69) is 85.6 Å². The number of rotatable bonds is 7. The maximum absolute atomic E-state index is 16.6. The number of halogens is 1. The molecule has 0 saturated heterocycles. The summed E-state index contributed by atoms with van der Waals surface area (Å²) in [7, 11) is 0. The molecule has 2 aromatic heterocycles. The molecule has 6 heteroatoms. The van der Waals surface area contributed by atoms with Crippen molar-refractivity contribution in [3.05, 3.63) is 144 Å². The summed E-state index contributed by atoms with van der Waals surface area (Å²) in [4.78, 5) is 19.5. The summed E-state index contributed by atoms with van der Waals surface area (Å²) < 4.78 is 16.6. The summed E-state index contributed by atoms with van der Waals surface area (Å²) in [6.07, 6.45) is 9.51. The Balaban J connectivity index is 0.000000414. The number of hydrogen-bond donors (Lipinski definition) is 1. The van der Waals surface area contributed by atoms with Crippen molar-refractivity contribution in [1.82, 2.24) is 9.97 Å². The van der Waals surface area contributed by atoms with Crippen LogP contribution in [0.3, 0.4) is 0 Å². The van der Waals surface area contributed by atoms with Crippen molar-refractivity contribution in [2.45, 2.75) is 58.8 Å². The van der Waals surface area contributed by atoms with E-state index in [9.17, 15) is 4.79 Å². The van der Waals surface area contributed by atoms with Crippen LogP contribution in [-0.2, 0) is 30.3 Å². The summed E-state index contributed by atoms with van der Waals surface area (Å²) in [5.41, 5.74) is 7.86. The van der Waals surface area contributed by atoms with E-state index in [4.69, 9.17) is 10.1 Å². The van der Waals surface area contributed by atoms with Gasteiger partial charge in [-0.3, -0.25) is 9.78 Å². The molecule has 0 unspecified atom stereocenters. The molecule has 7 aromatic rings. The fourth-order valence-electron chi connectivity index (χ4n) is 7.84. The molecular formula is C46H40FIrN2O2-. The van der Waals surface area contributed by atoms with E-state index in [1.807, 2.05) is 30.5 Å². The molecule has 0 spiro atoms. The number of aliphatic hydroxyl groups is 1. The Labute approximate surface area is 317 Å². The van der Waals surface area contributed by atoms with Crippen LogP contribution in [0.4, 0.5) is 4.39 Å². The minimum absolute atomic E-state index is 0. The van der Waals surface area contributed by atoms with Crippen LogP contribution in [0, 0.1) is 11.9 Å². The Hall–Kier alpha value is -5.03. The van der Waals surface area contributed by atoms with E-state index in [0.29, 0.717) is 12.8 Å². The normalized spacial score (nSPS) is 12.9. The molecule has 2 heterocycles. The predicted molar refractivity (Wildman–Crippen MR) is 207 cm³/mol. The average Bonchev–Trinajstić information content (AvgIpc) is 3.50. The number of carbonyl (C=O) groups excluding carboxylic acids is 1. The SMILES string of the molecule is CCC(=O)/C=C(\O)CC.CCC1(CC)c2ccc3ccccc3c2-c2c(F)cc3c(ccc4c(-c5[c-]ccc(-c6ccncc6)c5)nccc43)c21.[Ir]. The molecule has 0 aliphatic heterocycles. The van der Waals surface area contributed by atoms with Gasteiger partial charge in [-0.05, 0) is 97.4 Å². The van der Waals surface area contributed by atoms with E-state index in [0.717, 1.165) is 84.2 Å². The van der Waals surface area contributed by atoms with Crippen LogP contribution in [0.2, 0.25) is 0 Å². The topological polar surface area (TPSA) is 63.1 Å². The first-order valence-corrected chi connectivity index (χ1v) is 17.8. The Morgan fingerprint density at radius 1 is 0.769 bits per heavy atom. The van der Waals surface area contributed by atoms with Crippen molar-refractivity contribution in [2.24, 2.45) is 0 Å². The Bertz CT molecular complexity index is 2470. The molecule has 8 rings (SSSR count). The Kier molecular flexibility index (Phi) is 10.8. The Morgan fingerprint density at radius 2 is 1.52 bits per heavy atom. The number of pyridine rings is 2. The summed E-state index contributed by atoms with van der Waals surface area (Å²) in [5, 5.41) is 15.1. The number of aromatic nitrogens is 2. The minimum Gasteiger partial charge on any atom is -0.512 e. The third-order valence-corrected chi connectivity index (χ3v) is 10.5. The van der Waals surface area contributed by atoms with Crippen molar-refractivity contribution in [3.8, 4) is 33.5 Å². The number of carbonyl (C=O) groups is 1. The average molecular weight is 864 g/mol. The molecule has 0 bridgehead atoms. The maximum atomic E-state index is 16.6. The largest absolute Gasteiger partial charge is 0.512 e. The van der Waals surface area contributed by atoms with Crippen molar-refractivity contribution in [1.29, 1.82) is 0 Å². The van der Waals surface area contributed by atoms with Gasteiger partial charge in [0.1, 0.15) is 5.82 Å². The molecule has 1 N–H and O–H groups in total. The second-order valence-electron chi connectivity index (χ2n) is 13.1. The standard InChI is InChI=1S/C39H28FN2.C7H12O2.Ir/c1-3-39(4-2)33-15-12-25-8-5-6-11-28(25)35(33)36-34(40)23-32-29-18-21-42-38(31(29)14-13-30(32)37(36)39)27-10-7-9-26(22-27)24-16-19-41-20-17-24;1-3-6(8)5-7(9)4-2;/h5-9,11-23H,3-4H2,1-2H3;5,8H,3-4H2,1-2H3;/q-1;;/b;6-5-;. The van der Waals surface area contributed by atoms with Crippen LogP contribution in [0.25, 0.3) is 65.8 Å². The molecule has 0 amide bonds. The molecule has 4 nitrogen and oxygen atoms in total. The van der Waals surface area contributed by atoms with Gasteiger partial charge in [0.15, 0.2) is 5.78 Å². The van der Waals surface area contributed by atoms with Crippen molar-refractivity contribution < 1.29 is 34.4 Å². The fourth-order valence-corrected chi connectivity index (χ4v) is 7.84. The van der Waals surface area contributed by atoms with Crippen molar-refractivity contribution >= 4 is 38.1 Å². The Morgan fingerprint density at radius 3 is 2.25 bits per heavy atom. The summed E-state index contributed by atoms with van der Waals surface area (Å²) >= 11 is 0. The van der Waals surface area contributed by atoms with E-state index in [1.54, 1.807) is 32.3 Å². The fraction of sp³-hybridized carbons (Fsp3) is 0.196. The molecule has 1 aliphatic rings. The third-order valence-electron chi connectivity index (χ3n) is 10.5. The first-order chi connectivity index (χ1) is 24.8. The summed E-state index contributed by atoms with van der Waals surface area (Å²) in [6.45, 7) is 8.04. The zero-order chi connectivity index (χ0) is 35.7. The molecule has 0 saturated carbocycles. The number of hydrogen-bond acceptors (Lipinski definition) is 4. The number of benzene rings is 5. The van der Waals surface area contributed by atoms with Gasteiger partial charge in [-0.1, -0.05) is 76.2 Å². The van der Waals surface area contributed by atoms with E-state index >= 15 is 4.39 Å². The molecular weight excluding hydrogens is 824 g/mol. The van der Waals surface area contributed by atoms with E-state index in [1.165, 1.54) is 11.6 Å². The van der Waals surface area contributed by atoms with Crippen molar-refractivity contribution in [3.63, 3.8) is 0 Å².